The van der Waals surface area contributed by atoms with Crippen molar-refractivity contribution in [2.75, 3.05) is 6.61 Å². The standard InChI is InChI=1S/C16H12ClF3N4O2/c1-3-26-15(25)24-12-5-4-10(8(2)13(12)22-23-24)14-11(17)6-9(7-21-14)16(18,19)20/h4-7H,3H2,1-2H3. The first-order valence-electron chi connectivity index (χ1n) is 7.49. The van der Waals surface area contributed by atoms with Gasteiger partial charge in [0.05, 0.1) is 22.9 Å². The highest BCUT2D eigenvalue weighted by Gasteiger charge is 2.32. The van der Waals surface area contributed by atoms with Crippen molar-refractivity contribution in [2.45, 2.75) is 20.0 Å². The number of carbonyl (C=O) groups is 1. The lowest BCUT2D eigenvalue weighted by molar-refractivity contribution is -0.137. The molecule has 2 aromatic heterocycles. The number of hydrogen-bond donors (Lipinski definition) is 0. The van der Waals surface area contributed by atoms with Gasteiger partial charge in [0.25, 0.3) is 0 Å². The van der Waals surface area contributed by atoms with E-state index in [-0.39, 0.29) is 17.3 Å². The SMILES string of the molecule is CCOC(=O)n1nnc2c(C)c(-c3ncc(C(F)(F)F)cc3Cl)ccc21. The molecule has 0 radical (unpaired) electrons. The highest BCUT2D eigenvalue weighted by atomic mass is 35.5. The summed E-state index contributed by atoms with van der Waals surface area (Å²) in [6, 6.07) is 3.98. The normalized spacial score (nSPS) is 11.8. The van der Waals surface area contributed by atoms with Crippen LogP contribution in [0.4, 0.5) is 18.0 Å². The molecule has 0 aliphatic rings. The predicted octanol–water partition coefficient (Wildman–Crippen LogP) is 4.48. The minimum atomic E-state index is -4.53. The first-order chi connectivity index (χ1) is 12.2. The van der Waals surface area contributed by atoms with Crippen LogP contribution in [0.2, 0.25) is 5.02 Å². The van der Waals surface area contributed by atoms with Gasteiger partial charge in [-0.2, -0.15) is 13.2 Å². The number of nitrogens with zero attached hydrogens (tertiary/aromatic N) is 4. The molecule has 0 unspecified atom stereocenters. The summed E-state index contributed by atoms with van der Waals surface area (Å²) < 4.78 is 44.2. The highest BCUT2D eigenvalue weighted by Crippen LogP contribution is 2.36. The molecule has 6 nitrogen and oxygen atoms in total. The van der Waals surface area contributed by atoms with Crippen molar-refractivity contribution < 1.29 is 22.7 Å². The molecule has 1 aromatic carbocycles. The average Bonchev–Trinajstić information content (AvgIpc) is 3.00. The van der Waals surface area contributed by atoms with Gasteiger partial charge in [-0.25, -0.2) is 4.79 Å². The number of alkyl halides is 3. The molecule has 0 saturated heterocycles. The third-order valence-electron chi connectivity index (χ3n) is 3.74. The Kier molecular flexibility index (Phi) is 4.57. The number of ether oxygens (including phenoxy) is 1. The zero-order chi connectivity index (χ0) is 19.1. The monoisotopic (exact) mass is 384 g/mol. The summed E-state index contributed by atoms with van der Waals surface area (Å²) in [4.78, 5) is 15.7. The molecule has 0 atom stereocenters. The molecule has 0 aliphatic carbocycles. The van der Waals surface area contributed by atoms with Crippen LogP contribution < -0.4 is 0 Å². The Hall–Kier alpha value is -2.68. The molecule has 0 fully saturated rings. The van der Waals surface area contributed by atoms with E-state index in [1.807, 2.05) is 0 Å². The molecule has 10 heteroatoms. The third kappa shape index (κ3) is 3.10. The molecule has 136 valence electrons. The van der Waals surface area contributed by atoms with Crippen LogP contribution in [0, 0.1) is 6.92 Å². The van der Waals surface area contributed by atoms with Crippen LogP contribution in [-0.4, -0.2) is 32.7 Å². The van der Waals surface area contributed by atoms with Crippen molar-refractivity contribution in [3.63, 3.8) is 0 Å². The number of aromatic nitrogens is 4. The van der Waals surface area contributed by atoms with Crippen molar-refractivity contribution in [3.05, 3.63) is 40.5 Å². The van der Waals surface area contributed by atoms with E-state index in [0.29, 0.717) is 22.2 Å². The number of halogens is 4. The van der Waals surface area contributed by atoms with Crippen molar-refractivity contribution in [1.29, 1.82) is 0 Å². The van der Waals surface area contributed by atoms with E-state index < -0.39 is 17.8 Å². The Balaban J connectivity index is 2.10. The van der Waals surface area contributed by atoms with Gasteiger partial charge >= 0.3 is 12.3 Å². The first kappa shape index (κ1) is 18.1. The van der Waals surface area contributed by atoms with E-state index in [0.717, 1.165) is 16.9 Å². The maximum atomic E-state index is 12.8. The van der Waals surface area contributed by atoms with Crippen LogP contribution in [0.15, 0.2) is 24.4 Å². The molecule has 0 aliphatic heterocycles. The molecular weight excluding hydrogens is 373 g/mol. The van der Waals surface area contributed by atoms with Crippen LogP contribution in [0.5, 0.6) is 0 Å². The highest BCUT2D eigenvalue weighted by molar-refractivity contribution is 6.33. The fraction of sp³-hybridized carbons (Fsp3) is 0.250. The molecule has 0 spiro atoms. The lowest BCUT2D eigenvalue weighted by atomic mass is 10.0. The van der Waals surface area contributed by atoms with E-state index >= 15 is 0 Å². The lowest BCUT2D eigenvalue weighted by Crippen LogP contribution is -2.14. The van der Waals surface area contributed by atoms with Crippen LogP contribution in [0.25, 0.3) is 22.3 Å². The van der Waals surface area contributed by atoms with Gasteiger partial charge in [-0.15, -0.1) is 9.78 Å². The summed E-state index contributed by atoms with van der Waals surface area (Å²) in [5.41, 5.74) is 1.13. The first-order valence-corrected chi connectivity index (χ1v) is 7.87. The number of pyridine rings is 1. The summed E-state index contributed by atoms with van der Waals surface area (Å²) in [6.07, 6.45) is -4.48. The number of rotatable bonds is 2. The van der Waals surface area contributed by atoms with E-state index in [1.165, 1.54) is 0 Å². The zero-order valence-corrected chi connectivity index (χ0v) is 14.4. The van der Waals surface area contributed by atoms with Gasteiger partial charge < -0.3 is 4.74 Å². The molecular formula is C16H12ClF3N4O2. The van der Waals surface area contributed by atoms with Gasteiger partial charge in [0.1, 0.15) is 11.0 Å². The van der Waals surface area contributed by atoms with E-state index in [2.05, 4.69) is 15.3 Å². The second-order valence-electron chi connectivity index (χ2n) is 5.36. The lowest BCUT2D eigenvalue weighted by Gasteiger charge is -2.11. The van der Waals surface area contributed by atoms with E-state index in [9.17, 15) is 18.0 Å². The fourth-order valence-electron chi connectivity index (χ4n) is 2.49. The van der Waals surface area contributed by atoms with Crippen LogP contribution in [0.3, 0.4) is 0 Å². The van der Waals surface area contributed by atoms with Crippen LogP contribution in [0.1, 0.15) is 18.1 Å². The molecule has 0 saturated carbocycles. The fourth-order valence-corrected chi connectivity index (χ4v) is 2.76. The largest absolute Gasteiger partial charge is 0.448 e. The smallest absolute Gasteiger partial charge is 0.436 e. The predicted molar refractivity (Wildman–Crippen MR) is 87.9 cm³/mol. The van der Waals surface area contributed by atoms with E-state index in [4.69, 9.17) is 16.3 Å². The summed E-state index contributed by atoms with van der Waals surface area (Å²) in [5, 5.41) is 7.58. The van der Waals surface area contributed by atoms with Crippen molar-refractivity contribution in [1.82, 2.24) is 20.0 Å². The minimum absolute atomic E-state index is 0.139. The van der Waals surface area contributed by atoms with Crippen LogP contribution >= 0.6 is 11.6 Å². The molecule has 0 bridgehead atoms. The van der Waals surface area contributed by atoms with Crippen molar-refractivity contribution in [2.24, 2.45) is 0 Å². The van der Waals surface area contributed by atoms with Gasteiger partial charge in [-0.3, -0.25) is 4.98 Å². The molecule has 2 heterocycles. The van der Waals surface area contributed by atoms with Gasteiger partial charge in [-0.05, 0) is 31.5 Å². The maximum Gasteiger partial charge on any atom is 0.436 e. The number of fused-ring (bicyclic) bond motifs is 1. The Labute approximate surface area is 150 Å². The Bertz CT molecular complexity index is 1000. The van der Waals surface area contributed by atoms with Crippen molar-refractivity contribution >= 4 is 28.7 Å². The molecule has 26 heavy (non-hydrogen) atoms. The van der Waals surface area contributed by atoms with Gasteiger partial charge in [0.2, 0.25) is 0 Å². The number of aryl methyl sites for hydroxylation is 1. The maximum absolute atomic E-state index is 12.8. The summed E-state index contributed by atoms with van der Waals surface area (Å²) in [6.45, 7) is 3.54. The third-order valence-corrected chi connectivity index (χ3v) is 4.02. The molecule has 3 rings (SSSR count). The summed E-state index contributed by atoms with van der Waals surface area (Å²) in [5.74, 6) is 0. The molecule has 3 aromatic rings. The topological polar surface area (TPSA) is 69.9 Å². The minimum Gasteiger partial charge on any atom is -0.448 e. The van der Waals surface area contributed by atoms with E-state index in [1.54, 1.807) is 26.0 Å². The number of carbonyl (C=O) groups excluding carboxylic acids is 1. The second-order valence-corrected chi connectivity index (χ2v) is 5.77. The number of hydrogen-bond acceptors (Lipinski definition) is 5. The summed E-state index contributed by atoms with van der Waals surface area (Å²) in [7, 11) is 0. The Morgan fingerprint density at radius 2 is 2.08 bits per heavy atom. The van der Waals surface area contributed by atoms with Gasteiger partial charge in [0.15, 0.2) is 0 Å². The summed E-state index contributed by atoms with van der Waals surface area (Å²) >= 11 is 6.01. The second kappa shape index (κ2) is 6.56. The Morgan fingerprint density at radius 3 is 2.69 bits per heavy atom. The van der Waals surface area contributed by atoms with Crippen LogP contribution in [-0.2, 0) is 10.9 Å². The van der Waals surface area contributed by atoms with Gasteiger partial charge in [0, 0.05) is 11.8 Å². The molecule has 0 N–H and O–H groups in total. The average molecular weight is 385 g/mol. The Morgan fingerprint density at radius 1 is 1.35 bits per heavy atom. The van der Waals surface area contributed by atoms with Crippen molar-refractivity contribution in [3.8, 4) is 11.3 Å². The molecule has 0 amide bonds. The zero-order valence-electron chi connectivity index (χ0n) is 13.6. The van der Waals surface area contributed by atoms with Gasteiger partial charge in [-0.1, -0.05) is 22.9 Å². The number of benzene rings is 1. The quantitative estimate of drug-likeness (QED) is 0.651.